The van der Waals surface area contributed by atoms with Gasteiger partial charge in [-0.1, -0.05) is 13.0 Å². The molecule has 0 radical (unpaired) electrons. The maximum Gasteiger partial charge on any atom is 0.469 e. The van der Waals surface area contributed by atoms with Gasteiger partial charge in [0.25, 0.3) is 0 Å². The van der Waals surface area contributed by atoms with Crippen LogP contribution in [0.2, 0.25) is 0 Å². The molecule has 0 aliphatic carbocycles. The Hall–Kier alpha value is -3.94. The number of rotatable bonds is 16. The Kier molecular flexibility index (Phi) is 10.9. The lowest BCUT2D eigenvalue weighted by Crippen LogP contribution is -2.30. The molecule has 13 nitrogen and oxygen atoms in total. The van der Waals surface area contributed by atoms with Crippen LogP contribution in [-0.4, -0.2) is 73.2 Å². The number of anilines is 3. The molecule has 4 N–H and O–H groups in total. The number of phosphoric ester groups is 1. The van der Waals surface area contributed by atoms with Crippen LogP contribution in [0.3, 0.4) is 0 Å². The van der Waals surface area contributed by atoms with Crippen LogP contribution in [0.15, 0.2) is 61.2 Å². The van der Waals surface area contributed by atoms with Crippen LogP contribution in [0.5, 0.6) is 5.75 Å². The molecule has 42 heavy (non-hydrogen) atoms. The molecule has 4 aromatic rings. The molecule has 2 aromatic carbocycles. The van der Waals surface area contributed by atoms with Crippen molar-refractivity contribution in [1.29, 1.82) is 0 Å². The zero-order valence-electron chi connectivity index (χ0n) is 23.0. The number of hydrogen-bond donors (Lipinski definition) is 4. The molecule has 2 aromatic heterocycles. The average molecular weight is 602 g/mol. The molecule has 0 fully saturated rings. The Morgan fingerprint density at radius 3 is 2.74 bits per heavy atom. The number of hydrogen-bond acceptors (Lipinski definition) is 9. The number of carbonyl (C=O) groups excluding carboxylic acids is 1. The first-order valence-corrected chi connectivity index (χ1v) is 14.9. The fourth-order valence-corrected chi connectivity index (χ4v) is 4.53. The van der Waals surface area contributed by atoms with Gasteiger partial charge in [-0.25, -0.2) is 18.9 Å². The smallest absolute Gasteiger partial charge is 0.469 e. The number of nitrogens with zero attached hydrogens (tertiary/aromatic N) is 5. The van der Waals surface area contributed by atoms with E-state index < -0.39 is 13.6 Å². The Labute approximate surface area is 241 Å². The minimum atomic E-state index is -4.47. The van der Waals surface area contributed by atoms with Gasteiger partial charge in [0, 0.05) is 36.4 Å². The van der Waals surface area contributed by atoms with Crippen LogP contribution in [0.4, 0.5) is 21.6 Å². The molecule has 15 heteroatoms. The third kappa shape index (κ3) is 9.86. The molecule has 4 rings (SSSR count). The van der Waals surface area contributed by atoms with Gasteiger partial charge in [-0.15, -0.1) is 0 Å². The fraction of sp³-hybridized carbons (Fsp3) is 0.333. The molecule has 0 saturated heterocycles. The van der Waals surface area contributed by atoms with Gasteiger partial charge in [0.05, 0.1) is 30.6 Å². The number of benzene rings is 2. The van der Waals surface area contributed by atoms with Crippen molar-refractivity contribution in [3.8, 4) is 5.75 Å². The predicted molar refractivity (Wildman–Crippen MR) is 155 cm³/mol. The Morgan fingerprint density at radius 2 is 1.95 bits per heavy atom. The second-order valence-electron chi connectivity index (χ2n) is 9.38. The number of nitrogens with one attached hydrogen (secondary N) is 2. The number of phosphoric acid groups is 1. The molecule has 2 heterocycles. The van der Waals surface area contributed by atoms with Crippen LogP contribution < -0.4 is 15.4 Å². The van der Waals surface area contributed by atoms with Gasteiger partial charge in [0.15, 0.2) is 0 Å². The lowest BCUT2D eigenvalue weighted by molar-refractivity contribution is -0.116. The number of aromatic nitrogens is 4. The zero-order chi connectivity index (χ0) is 30.0. The topological polar surface area (TPSA) is 164 Å². The minimum absolute atomic E-state index is 0.0431. The third-order valence-corrected chi connectivity index (χ3v) is 6.53. The molecular formula is C27H33FN7O6P. The number of fused-ring (bicyclic) bond motifs is 1. The van der Waals surface area contributed by atoms with Crippen molar-refractivity contribution in [2.75, 3.05) is 43.5 Å². The van der Waals surface area contributed by atoms with E-state index in [4.69, 9.17) is 14.5 Å². The van der Waals surface area contributed by atoms with Crippen molar-refractivity contribution in [3.05, 3.63) is 67.0 Å². The lowest BCUT2D eigenvalue weighted by Gasteiger charge is -2.21. The molecule has 224 valence electrons. The summed E-state index contributed by atoms with van der Waals surface area (Å²) in [7, 11) is -4.47. The Morgan fingerprint density at radius 1 is 1.10 bits per heavy atom. The number of halogens is 1. The highest BCUT2D eigenvalue weighted by molar-refractivity contribution is 7.46. The van der Waals surface area contributed by atoms with Crippen molar-refractivity contribution in [1.82, 2.24) is 24.6 Å². The summed E-state index contributed by atoms with van der Waals surface area (Å²) in [5.41, 5.74) is 1.66. The highest BCUT2D eigenvalue weighted by Crippen LogP contribution is 2.35. The SMILES string of the molecule is CCCN(CCCOc1ccc2c(Nc3cnn(CC(=O)Nc4cccc(F)c4)c3)ncnc2c1)CCOP(=O)(O)O. The second kappa shape index (κ2) is 14.8. The van der Waals surface area contributed by atoms with Gasteiger partial charge in [0.1, 0.15) is 30.3 Å². The molecule has 0 aliphatic heterocycles. The fourth-order valence-electron chi connectivity index (χ4n) is 4.21. The van der Waals surface area contributed by atoms with Crippen LogP contribution in [0, 0.1) is 5.82 Å². The first-order chi connectivity index (χ1) is 20.2. The molecule has 0 unspecified atom stereocenters. The average Bonchev–Trinajstić information content (AvgIpc) is 3.36. The largest absolute Gasteiger partial charge is 0.493 e. The molecule has 0 saturated carbocycles. The summed E-state index contributed by atoms with van der Waals surface area (Å²) in [6.07, 6.45) is 6.30. The van der Waals surface area contributed by atoms with Gasteiger partial charge in [0.2, 0.25) is 5.91 Å². The summed E-state index contributed by atoms with van der Waals surface area (Å²) in [4.78, 5) is 40.8. The summed E-state index contributed by atoms with van der Waals surface area (Å²) < 4.78 is 36.2. The number of amides is 1. The van der Waals surface area contributed by atoms with Crippen molar-refractivity contribution in [2.24, 2.45) is 0 Å². The van der Waals surface area contributed by atoms with Crippen LogP contribution in [-0.2, 0) is 20.4 Å². The normalized spacial score (nSPS) is 11.6. The molecule has 0 spiro atoms. The van der Waals surface area contributed by atoms with Gasteiger partial charge >= 0.3 is 7.82 Å². The zero-order valence-corrected chi connectivity index (χ0v) is 23.9. The van der Waals surface area contributed by atoms with Crippen LogP contribution in [0.1, 0.15) is 19.8 Å². The van der Waals surface area contributed by atoms with Gasteiger partial charge in [-0.3, -0.25) is 14.0 Å². The third-order valence-electron chi connectivity index (χ3n) is 6.01. The standard InChI is InChI=1S/C27H33FN7O6P/c1-2-9-34(11-13-41-42(37,38)39)10-4-12-40-23-7-8-24-25(15-23)29-19-30-27(24)33-22-16-31-35(17-22)18-26(36)32-21-6-3-5-20(28)14-21/h3,5-8,14-17,19H,2,4,9-13,18H2,1H3,(H,32,36)(H,29,30,33)(H2,37,38,39). The van der Waals surface area contributed by atoms with Crippen molar-refractivity contribution < 1.29 is 32.8 Å². The van der Waals surface area contributed by atoms with Gasteiger partial charge in [-0.05, 0) is 49.7 Å². The van der Waals surface area contributed by atoms with E-state index in [9.17, 15) is 13.8 Å². The predicted octanol–water partition coefficient (Wildman–Crippen LogP) is 3.94. The maximum atomic E-state index is 13.4. The van der Waals surface area contributed by atoms with Crippen LogP contribution >= 0.6 is 7.82 Å². The summed E-state index contributed by atoms with van der Waals surface area (Å²) in [5.74, 6) is 0.427. The van der Waals surface area contributed by atoms with E-state index in [0.717, 1.165) is 24.8 Å². The van der Waals surface area contributed by atoms with E-state index in [1.54, 1.807) is 18.5 Å². The number of carbonyl (C=O) groups is 1. The monoisotopic (exact) mass is 601 g/mol. The highest BCUT2D eigenvalue weighted by atomic mass is 31.2. The summed E-state index contributed by atoms with van der Waals surface area (Å²) >= 11 is 0. The second-order valence-corrected chi connectivity index (χ2v) is 10.6. The number of ether oxygens (including phenoxy) is 1. The van der Waals surface area contributed by atoms with E-state index in [-0.39, 0.29) is 19.1 Å². The van der Waals surface area contributed by atoms with Crippen LogP contribution in [0.25, 0.3) is 10.9 Å². The van der Waals surface area contributed by atoms with E-state index in [0.29, 0.717) is 48.2 Å². The maximum absolute atomic E-state index is 13.4. The van der Waals surface area contributed by atoms with E-state index in [1.807, 2.05) is 25.1 Å². The summed E-state index contributed by atoms with van der Waals surface area (Å²) in [6, 6.07) is 11.2. The Bertz CT molecular complexity index is 1530. The lowest BCUT2D eigenvalue weighted by atomic mass is 10.2. The first kappa shape index (κ1) is 31.0. The summed E-state index contributed by atoms with van der Waals surface area (Å²) in [6.45, 7) is 4.29. The van der Waals surface area contributed by atoms with Gasteiger partial charge < -0.3 is 30.1 Å². The van der Waals surface area contributed by atoms with Crippen molar-refractivity contribution >= 4 is 41.8 Å². The molecular weight excluding hydrogens is 568 g/mol. The summed E-state index contributed by atoms with van der Waals surface area (Å²) in [5, 5.41) is 10.8. The van der Waals surface area contributed by atoms with E-state index >= 15 is 0 Å². The minimum Gasteiger partial charge on any atom is -0.493 e. The molecule has 0 bridgehead atoms. The van der Waals surface area contributed by atoms with Crippen molar-refractivity contribution in [3.63, 3.8) is 0 Å². The highest BCUT2D eigenvalue weighted by Gasteiger charge is 2.14. The quantitative estimate of drug-likeness (QED) is 0.109. The molecule has 0 atom stereocenters. The van der Waals surface area contributed by atoms with Gasteiger partial charge in [-0.2, -0.15) is 5.10 Å². The molecule has 1 amide bonds. The molecule has 0 aliphatic rings. The van der Waals surface area contributed by atoms with E-state index in [1.165, 1.54) is 29.2 Å². The first-order valence-electron chi connectivity index (χ1n) is 13.3. The van der Waals surface area contributed by atoms with E-state index in [2.05, 4.69) is 35.1 Å². The Balaban J connectivity index is 1.29. The van der Waals surface area contributed by atoms with Crippen molar-refractivity contribution in [2.45, 2.75) is 26.3 Å².